The van der Waals surface area contributed by atoms with Gasteiger partial charge in [-0.05, 0) is 39.9 Å². The van der Waals surface area contributed by atoms with E-state index in [1.54, 1.807) is 11.3 Å². The molecule has 1 aromatic rings. The van der Waals surface area contributed by atoms with Crippen LogP contribution in [0, 0.1) is 6.92 Å². The van der Waals surface area contributed by atoms with Crippen LogP contribution in [0.15, 0.2) is 5.51 Å². The molecule has 1 aromatic heterocycles. The fourth-order valence-corrected chi connectivity index (χ4v) is 2.92. The highest BCUT2D eigenvalue weighted by Gasteiger charge is 2.18. The first-order chi connectivity index (χ1) is 7.27. The van der Waals surface area contributed by atoms with Gasteiger partial charge in [0.25, 0.3) is 0 Å². The van der Waals surface area contributed by atoms with E-state index in [1.807, 2.05) is 5.51 Å². The Morgan fingerprint density at radius 1 is 1.50 bits per heavy atom. The van der Waals surface area contributed by atoms with Gasteiger partial charge < -0.3 is 5.32 Å². The molecule has 1 aliphatic rings. The third-order valence-electron chi connectivity index (χ3n) is 3.17. The number of piperidine rings is 1. The quantitative estimate of drug-likeness (QED) is 0.903. The number of thiazole rings is 1. The van der Waals surface area contributed by atoms with Crippen LogP contribution in [0.3, 0.4) is 0 Å². The van der Waals surface area contributed by atoms with E-state index in [2.05, 4.69) is 29.2 Å². The van der Waals surface area contributed by atoms with Crippen molar-refractivity contribution in [2.45, 2.75) is 32.4 Å². The van der Waals surface area contributed by atoms with Gasteiger partial charge in [-0.1, -0.05) is 0 Å². The summed E-state index contributed by atoms with van der Waals surface area (Å²) in [6.45, 7) is 5.48. The highest BCUT2D eigenvalue weighted by atomic mass is 35.5. The van der Waals surface area contributed by atoms with E-state index in [0.717, 1.165) is 25.7 Å². The van der Waals surface area contributed by atoms with Gasteiger partial charge in [0, 0.05) is 17.5 Å². The van der Waals surface area contributed by atoms with Crippen LogP contribution < -0.4 is 5.32 Å². The Labute approximate surface area is 108 Å². The summed E-state index contributed by atoms with van der Waals surface area (Å²) in [6.07, 6.45) is 2.54. The molecule has 0 amide bonds. The van der Waals surface area contributed by atoms with E-state index in [1.165, 1.54) is 23.4 Å². The van der Waals surface area contributed by atoms with Crippen molar-refractivity contribution in [3.05, 3.63) is 16.1 Å². The second-order valence-corrected chi connectivity index (χ2v) is 5.20. The Bertz CT molecular complexity index is 310. The number of nitrogens with zero attached hydrogens (tertiary/aromatic N) is 2. The summed E-state index contributed by atoms with van der Waals surface area (Å²) in [7, 11) is 2.23. The molecule has 5 heteroatoms. The summed E-state index contributed by atoms with van der Waals surface area (Å²) < 4.78 is 0. The van der Waals surface area contributed by atoms with Crippen LogP contribution in [0.25, 0.3) is 0 Å². The molecule has 0 unspecified atom stereocenters. The van der Waals surface area contributed by atoms with E-state index >= 15 is 0 Å². The molecule has 0 atom stereocenters. The van der Waals surface area contributed by atoms with Gasteiger partial charge >= 0.3 is 0 Å². The molecule has 0 spiro atoms. The molecule has 16 heavy (non-hydrogen) atoms. The van der Waals surface area contributed by atoms with E-state index in [9.17, 15) is 0 Å². The second-order valence-electron chi connectivity index (χ2n) is 4.26. The van der Waals surface area contributed by atoms with Crippen molar-refractivity contribution in [1.29, 1.82) is 0 Å². The number of halogens is 1. The van der Waals surface area contributed by atoms with Gasteiger partial charge in [0.05, 0.1) is 11.2 Å². The van der Waals surface area contributed by atoms with Crippen LogP contribution in [0.1, 0.15) is 23.4 Å². The van der Waals surface area contributed by atoms with E-state index in [0.29, 0.717) is 0 Å². The minimum absolute atomic E-state index is 0. The standard InChI is InChI=1S/C11H19N3S.ClH/c1-9-11(15-8-13-9)7-14(2)10-3-5-12-6-4-10;/h8,10,12H,3-7H2,1-2H3;1H. The molecule has 2 heterocycles. The molecular weight excluding hydrogens is 242 g/mol. The maximum atomic E-state index is 4.29. The van der Waals surface area contributed by atoms with Crippen molar-refractivity contribution in [1.82, 2.24) is 15.2 Å². The average Bonchev–Trinajstić information content (AvgIpc) is 2.66. The Balaban J connectivity index is 0.00000128. The van der Waals surface area contributed by atoms with Crippen LogP contribution in [-0.2, 0) is 6.54 Å². The predicted octanol–water partition coefficient (Wildman–Crippen LogP) is 2.06. The summed E-state index contributed by atoms with van der Waals surface area (Å²) in [4.78, 5) is 8.18. The molecule has 2 rings (SSSR count). The van der Waals surface area contributed by atoms with Crippen LogP contribution in [-0.4, -0.2) is 36.1 Å². The van der Waals surface area contributed by atoms with Gasteiger partial charge in [0.15, 0.2) is 0 Å². The highest BCUT2D eigenvalue weighted by Crippen LogP contribution is 2.18. The highest BCUT2D eigenvalue weighted by molar-refractivity contribution is 7.09. The van der Waals surface area contributed by atoms with Gasteiger partial charge in [0.2, 0.25) is 0 Å². The van der Waals surface area contributed by atoms with Gasteiger partial charge in [-0.15, -0.1) is 23.7 Å². The van der Waals surface area contributed by atoms with Crippen molar-refractivity contribution in [2.75, 3.05) is 20.1 Å². The summed E-state index contributed by atoms with van der Waals surface area (Å²) >= 11 is 1.77. The van der Waals surface area contributed by atoms with E-state index in [-0.39, 0.29) is 12.4 Å². The number of nitrogens with one attached hydrogen (secondary N) is 1. The zero-order valence-electron chi connectivity index (χ0n) is 9.90. The second kappa shape index (κ2) is 6.55. The molecule has 1 aliphatic heterocycles. The summed E-state index contributed by atoms with van der Waals surface area (Å²) in [5.41, 5.74) is 3.14. The third kappa shape index (κ3) is 3.42. The lowest BCUT2D eigenvalue weighted by atomic mass is 10.1. The van der Waals surface area contributed by atoms with Gasteiger partial charge in [-0.3, -0.25) is 4.90 Å². The lowest BCUT2D eigenvalue weighted by molar-refractivity contribution is 0.193. The fraction of sp³-hybridized carbons (Fsp3) is 0.727. The van der Waals surface area contributed by atoms with Crippen molar-refractivity contribution in [2.24, 2.45) is 0 Å². The monoisotopic (exact) mass is 261 g/mol. The minimum atomic E-state index is 0. The topological polar surface area (TPSA) is 28.2 Å². The van der Waals surface area contributed by atoms with Crippen LogP contribution in [0.4, 0.5) is 0 Å². The Kier molecular flexibility index (Phi) is 5.69. The molecular formula is C11H20ClN3S. The zero-order chi connectivity index (χ0) is 10.7. The molecule has 0 radical (unpaired) electrons. The first-order valence-corrected chi connectivity index (χ1v) is 6.45. The smallest absolute Gasteiger partial charge is 0.0798 e. The lowest BCUT2D eigenvalue weighted by Crippen LogP contribution is -2.40. The molecule has 92 valence electrons. The molecule has 0 aliphatic carbocycles. The molecule has 1 fully saturated rings. The first-order valence-electron chi connectivity index (χ1n) is 5.57. The van der Waals surface area contributed by atoms with Crippen molar-refractivity contribution >= 4 is 23.7 Å². The minimum Gasteiger partial charge on any atom is -0.317 e. The molecule has 1 N–H and O–H groups in total. The Hall–Kier alpha value is -0.160. The summed E-state index contributed by atoms with van der Waals surface area (Å²) in [6, 6.07) is 0.743. The molecule has 1 saturated heterocycles. The van der Waals surface area contributed by atoms with Crippen LogP contribution in [0.2, 0.25) is 0 Å². The number of aromatic nitrogens is 1. The summed E-state index contributed by atoms with van der Waals surface area (Å²) in [5, 5.41) is 3.40. The van der Waals surface area contributed by atoms with Crippen LogP contribution in [0.5, 0.6) is 0 Å². The van der Waals surface area contributed by atoms with E-state index < -0.39 is 0 Å². The average molecular weight is 262 g/mol. The number of aryl methyl sites for hydroxylation is 1. The zero-order valence-corrected chi connectivity index (χ0v) is 11.5. The van der Waals surface area contributed by atoms with Gasteiger partial charge in [0.1, 0.15) is 0 Å². The van der Waals surface area contributed by atoms with Gasteiger partial charge in [-0.2, -0.15) is 0 Å². The molecule has 0 saturated carbocycles. The maximum absolute atomic E-state index is 4.29. The lowest BCUT2D eigenvalue weighted by Gasteiger charge is -2.31. The van der Waals surface area contributed by atoms with Crippen LogP contribution >= 0.6 is 23.7 Å². The number of hydrogen-bond donors (Lipinski definition) is 1. The van der Waals surface area contributed by atoms with Gasteiger partial charge in [-0.25, -0.2) is 4.98 Å². The maximum Gasteiger partial charge on any atom is 0.0798 e. The SMILES string of the molecule is Cc1ncsc1CN(C)C1CCNCC1.Cl. The van der Waals surface area contributed by atoms with E-state index in [4.69, 9.17) is 0 Å². The molecule has 0 bridgehead atoms. The number of hydrogen-bond acceptors (Lipinski definition) is 4. The van der Waals surface area contributed by atoms with Crippen molar-refractivity contribution < 1.29 is 0 Å². The normalized spacial score (nSPS) is 17.4. The first kappa shape index (κ1) is 13.9. The van der Waals surface area contributed by atoms with Crippen molar-refractivity contribution in [3.63, 3.8) is 0 Å². The number of rotatable bonds is 3. The largest absolute Gasteiger partial charge is 0.317 e. The summed E-state index contributed by atoms with van der Waals surface area (Å²) in [5.74, 6) is 0. The Morgan fingerprint density at radius 2 is 2.19 bits per heavy atom. The molecule has 0 aromatic carbocycles. The third-order valence-corrected chi connectivity index (χ3v) is 4.09. The molecule has 3 nitrogen and oxygen atoms in total. The Morgan fingerprint density at radius 3 is 2.75 bits per heavy atom. The van der Waals surface area contributed by atoms with Crippen molar-refractivity contribution in [3.8, 4) is 0 Å². The predicted molar refractivity (Wildman–Crippen MR) is 71.5 cm³/mol. The fourth-order valence-electron chi connectivity index (χ4n) is 2.08.